The minimum atomic E-state index is -0.337. The minimum Gasteiger partial charge on any atom is -0.393 e. The van der Waals surface area contributed by atoms with Crippen LogP contribution in [0, 0.1) is 12.8 Å². The SMILES string of the molecule is Cc1sc(C(=O)c2cncnc2N[C@@H]2C[C@@H](C)[C@@H](O)C2)cc1[C@H]1OCCn2c1nc1ccccc12. The second-order valence-electron chi connectivity index (χ2n) is 9.45. The Hall–Kier alpha value is -3.14. The fourth-order valence-electron chi connectivity index (χ4n) is 5.24. The predicted octanol–water partition coefficient (Wildman–Crippen LogP) is 4.12. The standard InChI is InChI=1S/C26H27N5O3S/c1-14-9-16(10-21(14)32)29-25-18(12-27-13-28-25)23(33)22-11-17(15(2)35-22)24-26-30-19-5-3-4-6-20(19)31(26)7-8-34-24/h3-6,11-14,16,21,24,32H,7-10H2,1-2H3,(H,27,28,29)/t14-,16-,21+,24-/m1/s1. The number of ketones is 1. The number of ether oxygens (including phenoxy) is 1. The van der Waals surface area contributed by atoms with E-state index in [1.165, 1.54) is 17.7 Å². The van der Waals surface area contributed by atoms with Crippen LogP contribution in [0.1, 0.15) is 57.4 Å². The van der Waals surface area contributed by atoms with Crippen LogP contribution in [-0.2, 0) is 11.3 Å². The average molecular weight is 490 g/mol. The van der Waals surface area contributed by atoms with Gasteiger partial charge in [0.15, 0.2) is 0 Å². The Balaban J connectivity index is 1.31. The van der Waals surface area contributed by atoms with Gasteiger partial charge in [-0.25, -0.2) is 15.0 Å². The van der Waals surface area contributed by atoms with E-state index in [1.807, 2.05) is 38.1 Å². The number of benzene rings is 1. The lowest BCUT2D eigenvalue weighted by atomic mass is 10.1. The van der Waals surface area contributed by atoms with Gasteiger partial charge in [-0.15, -0.1) is 11.3 Å². The number of fused-ring (bicyclic) bond motifs is 3. The summed E-state index contributed by atoms with van der Waals surface area (Å²) < 4.78 is 8.40. The van der Waals surface area contributed by atoms with Crippen molar-refractivity contribution in [2.24, 2.45) is 5.92 Å². The number of hydrogen-bond donors (Lipinski definition) is 2. The number of nitrogens with one attached hydrogen (secondary N) is 1. The summed E-state index contributed by atoms with van der Waals surface area (Å²) in [6, 6.07) is 10.1. The van der Waals surface area contributed by atoms with Gasteiger partial charge in [-0.05, 0) is 43.9 Å². The van der Waals surface area contributed by atoms with Gasteiger partial charge in [-0.3, -0.25) is 4.79 Å². The lowest BCUT2D eigenvalue weighted by Crippen LogP contribution is -2.23. The lowest BCUT2D eigenvalue weighted by Gasteiger charge is -2.24. The molecule has 1 saturated carbocycles. The van der Waals surface area contributed by atoms with Gasteiger partial charge in [0.05, 0.1) is 34.2 Å². The number of aliphatic hydroxyl groups is 1. The summed E-state index contributed by atoms with van der Waals surface area (Å²) in [5, 5.41) is 13.5. The lowest BCUT2D eigenvalue weighted by molar-refractivity contribution is 0.0441. The van der Waals surface area contributed by atoms with E-state index in [0.717, 1.165) is 40.3 Å². The van der Waals surface area contributed by atoms with Gasteiger partial charge in [0.25, 0.3) is 0 Å². The molecule has 4 heterocycles. The molecular formula is C26H27N5O3S. The normalized spacial score (nSPS) is 24.0. The zero-order chi connectivity index (χ0) is 24.1. The second kappa shape index (κ2) is 8.82. The molecule has 0 radical (unpaired) electrons. The largest absolute Gasteiger partial charge is 0.393 e. The Morgan fingerprint density at radius 2 is 2.14 bits per heavy atom. The number of imidazole rings is 1. The number of carbonyl (C=O) groups excluding carboxylic acids is 1. The highest BCUT2D eigenvalue weighted by Crippen LogP contribution is 2.38. The summed E-state index contributed by atoms with van der Waals surface area (Å²) in [5.74, 6) is 1.48. The van der Waals surface area contributed by atoms with E-state index in [0.29, 0.717) is 29.3 Å². The van der Waals surface area contributed by atoms with Gasteiger partial charge in [-0.2, -0.15) is 0 Å². The van der Waals surface area contributed by atoms with Crippen LogP contribution in [0.5, 0.6) is 0 Å². The van der Waals surface area contributed by atoms with Crippen molar-refractivity contribution >= 4 is 34.0 Å². The van der Waals surface area contributed by atoms with Crippen molar-refractivity contribution in [3.05, 3.63) is 69.6 Å². The third-order valence-electron chi connectivity index (χ3n) is 7.12. The number of hydrogen-bond acceptors (Lipinski definition) is 8. The van der Waals surface area contributed by atoms with E-state index in [1.54, 1.807) is 6.20 Å². The molecule has 1 aromatic carbocycles. The number of nitrogens with zero attached hydrogens (tertiary/aromatic N) is 4. The van der Waals surface area contributed by atoms with Crippen molar-refractivity contribution in [3.63, 3.8) is 0 Å². The van der Waals surface area contributed by atoms with E-state index in [4.69, 9.17) is 9.72 Å². The maximum absolute atomic E-state index is 13.6. The van der Waals surface area contributed by atoms with E-state index >= 15 is 0 Å². The molecule has 2 N–H and O–H groups in total. The highest BCUT2D eigenvalue weighted by atomic mass is 32.1. The third-order valence-corrected chi connectivity index (χ3v) is 8.18. The van der Waals surface area contributed by atoms with E-state index in [9.17, 15) is 9.90 Å². The average Bonchev–Trinajstić information content (AvgIpc) is 3.53. The summed E-state index contributed by atoms with van der Waals surface area (Å²) in [7, 11) is 0. The minimum absolute atomic E-state index is 0.0747. The van der Waals surface area contributed by atoms with Crippen molar-refractivity contribution in [2.75, 3.05) is 11.9 Å². The highest BCUT2D eigenvalue weighted by Gasteiger charge is 2.32. The molecule has 0 saturated heterocycles. The van der Waals surface area contributed by atoms with E-state index in [-0.39, 0.29) is 30.0 Å². The molecule has 1 fully saturated rings. The van der Waals surface area contributed by atoms with Gasteiger partial charge in [0.1, 0.15) is 24.1 Å². The second-order valence-corrected chi connectivity index (χ2v) is 10.7. The molecule has 1 aliphatic heterocycles. The Labute approximate surface area is 207 Å². The zero-order valence-electron chi connectivity index (χ0n) is 19.6. The van der Waals surface area contributed by atoms with Crippen LogP contribution in [0.3, 0.4) is 0 Å². The van der Waals surface area contributed by atoms with Crippen LogP contribution in [0.2, 0.25) is 0 Å². The number of aromatic nitrogens is 4. The Morgan fingerprint density at radius 1 is 1.29 bits per heavy atom. The zero-order valence-corrected chi connectivity index (χ0v) is 20.5. The molecular weight excluding hydrogens is 462 g/mol. The first-order chi connectivity index (χ1) is 17.0. The Bertz CT molecular complexity index is 1400. The molecule has 4 aromatic rings. The number of anilines is 1. The topological polar surface area (TPSA) is 102 Å². The van der Waals surface area contributed by atoms with Crippen LogP contribution >= 0.6 is 11.3 Å². The van der Waals surface area contributed by atoms with Gasteiger partial charge in [-0.1, -0.05) is 19.1 Å². The van der Waals surface area contributed by atoms with Crippen molar-refractivity contribution in [3.8, 4) is 0 Å². The van der Waals surface area contributed by atoms with Crippen LogP contribution in [-0.4, -0.2) is 49.2 Å². The predicted molar refractivity (Wildman–Crippen MR) is 134 cm³/mol. The maximum atomic E-state index is 13.6. The van der Waals surface area contributed by atoms with Gasteiger partial charge >= 0.3 is 0 Å². The molecule has 0 unspecified atom stereocenters. The summed E-state index contributed by atoms with van der Waals surface area (Å²) in [5.41, 5.74) is 3.45. The van der Waals surface area contributed by atoms with Crippen LogP contribution in [0.15, 0.2) is 42.9 Å². The Morgan fingerprint density at radius 3 is 2.97 bits per heavy atom. The molecule has 35 heavy (non-hydrogen) atoms. The molecule has 4 atom stereocenters. The van der Waals surface area contributed by atoms with Crippen molar-refractivity contribution in [2.45, 2.75) is 51.5 Å². The molecule has 8 nitrogen and oxygen atoms in total. The fourth-order valence-corrected chi connectivity index (χ4v) is 6.25. The number of aliphatic hydroxyl groups excluding tert-OH is 1. The van der Waals surface area contributed by atoms with Gasteiger partial charge in [0, 0.05) is 29.2 Å². The monoisotopic (exact) mass is 489 g/mol. The number of aryl methyl sites for hydroxylation is 1. The first-order valence-electron chi connectivity index (χ1n) is 12.0. The molecule has 2 aliphatic rings. The number of para-hydroxylation sites is 2. The summed E-state index contributed by atoms with van der Waals surface area (Å²) >= 11 is 1.45. The quantitative estimate of drug-likeness (QED) is 0.407. The van der Waals surface area contributed by atoms with Crippen LogP contribution in [0.4, 0.5) is 5.82 Å². The Kier molecular flexibility index (Phi) is 5.63. The molecule has 0 spiro atoms. The summed E-state index contributed by atoms with van der Waals surface area (Å²) in [6.45, 7) is 5.40. The first-order valence-corrected chi connectivity index (χ1v) is 12.8. The molecule has 180 valence electrons. The molecule has 3 aromatic heterocycles. The van der Waals surface area contributed by atoms with Gasteiger partial charge < -0.3 is 19.7 Å². The van der Waals surface area contributed by atoms with Gasteiger partial charge in [0.2, 0.25) is 5.78 Å². The highest BCUT2D eigenvalue weighted by molar-refractivity contribution is 7.14. The summed E-state index contributed by atoms with van der Waals surface area (Å²) in [6.07, 6.45) is 3.83. The number of thiophene rings is 1. The third kappa shape index (κ3) is 3.93. The van der Waals surface area contributed by atoms with Crippen LogP contribution < -0.4 is 5.32 Å². The number of rotatable bonds is 5. The molecule has 6 rings (SSSR count). The van der Waals surface area contributed by atoms with Crippen molar-refractivity contribution in [1.29, 1.82) is 0 Å². The first kappa shape index (κ1) is 22.3. The van der Waals surface area contributed by atoms with E-state index in [2.05, 4.69) is 25.9 Å². The molecule has 9 heteroatoms. The fraction of sp³-hybridized carbons (Fsp3) is 0.385. The maximum Gasteiger partial charge on any atom is 0.208 e. The molecule has 1 aliphatic carbocycles. The number of carbonyl (C=O) groups is 1. The molecule has 0 amide bonds. The van der Waals surface area contributed by atoms with Crippen molar-refractivity contribution in [1.82, 2.24) is 19.5 Å². The smallest absolute Gasteiger partial charge is 0.208 e. The van der Waals surface area contributed by atoms with Crippen molar-refractivity contribution < 1.29 is 14.6 Å². The van der Waals surface area contributed by atoms with Crippen LogP contribution in [0.25, 0.3) is 11.0 Å². The summed E-state index contributed by atoms with van der Waals surface area (Å²) in [4.78, 5) is 28.6. The van der Waals surface area contributed by atoms with E-state index < -0.39 is 0 Å². The molecule has 0 bridgehead atoms.